The lowest BCUT2D eigenvalue weighted by molar-refractivity contribution is 0.508. The Bertz CT molecular complexity index is 721. The van der Waals surface area contributed by atoms with Crippen LogP contribution in [0.1, 0.15) is 30.5 Å². The summed E-state index contributed by atoms with van der Waals surface area (Å²) in [6.45, 7) is 0.932. The Kier molecular flexibility index (Phi) is 5.08. The number of rotatable bonds is 3. The van der Waals surface area contributed by atoms with Crippen LogP contribution in [0, 0.1) is 11.8 Å². The van der Waals surface area contributed by atoms with Crippen LogP contribution in [-0.2, 0) is 0 Å². The molecule has 1 aliphatic heterocycles. The third kappa shape index (κ3) is 4.45. The van der Waals surface area contributed by atoms with Crippen LogP contribution in [-0.4, -0.2) is 17.6 Å². The number of hydrogen-bond acceptors (Lipinski definition) is 3. The van der Waals surface area contributed by atoms with Crippen LogP contribution in [0.3, 0.4) is 0 Å². The van der Waals surface area contributed by atoms with Crippen molar-refractivity contribution in [1.82, 2.24) is 10.3 Å². The molecule has 3 heteroatoms. The zero-order valence-electron chi connectivity index (χ0n) is 13.1. The van der Waals surface area contributed by atoms with Gasteiger partial charge in [-0.05, 0) is 42.0 Å². The van der Waals surface area contributed by atoms with E-state index in [1.807, 2.05) is 12.1 Å². The van der Waals surface area contributed by atoms with Crippen LogP contribution in [0.15, 0.2) is 54.7 Å². The molecule has 0 aliphatic carbocycles. The first kappa shape index (κ1) is 15.3. The molecule has 0 spiro atoms. The van der Waals surface area contributed by atoms with Gasteiger partial charge in [0.25, 0.3) is 0 Å². The Balaban J connectivity index is 1.52. The number of anilines is 1. The fraction of sp³-hybridized carbons (Fsp3) is 0.250. The van der Waals surface area contributed by atoms with Crippen molar-refractivity contribution in [3.05, 3.63) is 66.0 Å². The summed E-state index contributed by atoms with van der Waals surface area (Å²) in [5.74, 6) is 6.31. The molecule has 23 heavy (non-hydrogen) atoms. The van der Waals surface area contributed by atoms with E-state index in [1.165, 1.54) is 11.1 Å². The minimum Gasteiger partial charge on any atom is -0.397 e. The standard InChI is InChI=1S/C20H21N3/c21-18-10-11-19(23-15-18)8-4-5-9-20-14-17(12-13-22-20)16-6-2-1-3-7-16/h1-3,6-7,10-12,15,20,22H,5,9,13-14,21H2. The van der Waals surface area contributed by atoms with Crippen LogP contribution >= 0.6 is 0 Å². The van der Waals surface area contributed by atoms with E-state index in [9.17, 15) is 0 Å². The van der Waals surface area contributed by atoms with E-state index in [2.05, 4.69) is 58.5 Å². The predicted molar refractivity (Wildman–Crippen MR) is 95.6 cm³/mol. The van der Waals surface area contributed by atoms with Gasteiger partial charge >= 0.3 is 0 Å². The molecule has 116 valence electrons. The molecule has 0 bridgehead atoms. The van der Waals surface area contributed by atoms with Gasteiger partial charge in [0, 0.05) is 19.0 Å². The molecule has 0 saturated heterocycles. The van der Waals surface area contributed by atoms with Gasteiger partial charge in [-0.25, -0.2) is 4.98 Å². The number of nitrogen functional groups attached to an aromatic ring is 1. The fourth-order valence-corrected chi connectivity index (χ4v) is 2.74. The Labute approximate surface area is 137 Å². The van der Waals surface area contributed by atoms with Crippen LogP contribution in [0.4, 0.5) is 5.69 Å². The van der Waals surface area contributed by atoms with Crippen molar-refractivity contribution < 1.29 is 0 Å². The molecule has 1 aromatic heterocycles. The molecule has 0 fully saturated rings. The lowest BCUT2D eigenvalue weighted by Crippen LogP contribution is -2.32. The highest BCUT2D eigenvalue weighted by Gasteiger charge is 2.14. The van der Waals surface area contributed by atoms with Crippen molar-refractivity contribution in [2.75, 3.05) is 12.3 Å². The summed E-state index contributed by atoms with van der Waals surface area (Å²) < 4.78 is 0. The third-order valence-electron chi connectivity index (χ3n) is 3.99. The molecule has 0 radical (unpaired) electrons. The number of benzene rings is 1. The number of nitrogens with zero attached hydrogens (tertiary/aromatic N) is 1. The van der Waals surface area contributed by atoms with Gasteiger partial charge in [0.2, 0.25) is 0 Å². The van der Waals surface area contributed by atoms with Gasteiger partial charge in [0.1, 0.15) is 5.69 Å². The summed E-state index contributed by atoms with van der Waals surface area (Å²) in [5, 5.41) is 3.55. The maximum Gasteiger partial charge on any atom is 0.113 e. The van der Waals surface area contributed by atoms with Crippen molar-refractivity contribution in [1.29, 1.82) is 0 Å². The lowest BCUT2D eigenvalue weighted by Gasteiger charge is -2.24. The minimum absolute atomic E-state index is 0.490. The molecular formula is C20H21N3. The normalized spacial score (nSPS) is 17.0. The SMILES string of the molecule is Nc1ccc(C#CCCC2CC(c3ccccc3)=CCN2)nc1. The Hall–Kier alpha value is -2.57. The van der Waals surface area contributed by atoms with Crippen molar-refractivity contribution in [3.8, 4) is 11.8 Å². The fourth-order valence-electron chi connectivity index (χ4n) is 2.74. The van der Waals surface area contributed by atoms with Crippen LogP contribution in [0.25, 0.3) is 5.57 Å². The molecule has 1 aromatic carbocycles. The molecular weight excluding hydrogens is 282 g/mol. The lowest BCUT2D eigenvalue weighted by atomic mass is 9.93. The maximum absolute atomic E-state index is 5.62. The van der Waals surface area contributed by atoms with Gasteiger partial charge < -0.3 is 11.1 Å². The molecule has 1 aliphatic rings. The zero-order valence-corrected chi connectivity index (χ0v) is 13.1. The summed E-state index contributed by atoms with van der Waals surface area (Å²) in [7, 11) is 0. The van der Waals surface area contributed by atoms with Crippen LogP contribution in [0.5, 0.6) is 0 Å². The number of aromatic nitrogens is 1. The summed E-state index contributed by atoms with van der Waals surface area (Å²) in [5.41, 5.74) is 9.83. The van der Waals surface area contributed by atoms with Crippen molar-refractivity contribution in [2.45, 2.75) is 25.3 Å². The zero-order chi connectivity index (χ0) is 15.9. The largest absolute Gasteiger partial charge is 0.397 e. The molecule has 2 heterocycles. The Morgan fingerprint density at radius 2 is 2.04 bits per heavy atom. The minimum atomic E-state index is 0.490. The highest BCUT2D eigenvalue weighted by Crippen LogP contribution is 2.23. The van der Waals surface area contributed by atoms with Gasteiger partial charge in [-0.3, -0.25) is 0 Å². The second-order valence-electron chi connectivity index (χ2n) is 5.72. The van der Waals surface area contributed by atoms with E-state index in [4.69, 9.17) is 5.73 Å². The third-order valence-corrected chi connectivity index (χ3v) is 3.99. The van der Waals surface area contributed by atoms with E-state index < -0.39 is 0 Å². The van der Waals surface area contributed by atoms with Gasteiger partial charge in [-0.15, -0.1) is 0 Å². The van der Waals surface area contributed by atoms with E-state index in [-0.39, 0.29) is 0 Å². The average molecular weight is 303 g/mol. The van der Waals surface area contributed by atoms with Crippen molar-refractivity contribution >= 4 is 11.3 Å². The first-order valence-corrected chi connectivity index (χ1v) is 7.99. The monoisotopic (exact) mass is 303 g/mol. The predicted octanol–water partition coefficient (Wildman–Crippen LogP) is 3.24. The molecule has 3 rings (SSSR count). The van der Waals surface area contributed by atoms with Crippen molar-refractivity contribution in [3.63, 3.8) is 0 Å². The topological polar surface area (TPSA) is 50.9 Å². The second kappa shape index (κ2) is 7.62. The van der Waals surface area contributed by atoms with Gasteiger partial charge in [0.05, 0.1) is 11.9 Å². The number of nitrogens with one attached hydrogen (secondary N) is 1. The molecule has 1 atom stereocenters. The molecule has 0 amide bonds. The highest BCUT2D eigenvalue weighted by molar-refractivity contribution is 5.66. The van der Waals surface area contributed by atoms with E-state index in [0.29, 0.717) is 11.7 Å². The first-order valence-electron chi connectivity index (χ1n) is 7.99. The summed E-state index contributed by atoms with van der Waals surface area (Å²) in [6, 6.07) is 14.8. The maximum atomic E-state index is 5.62. The summed E-state index contributed by atoms with van der Waals surface area (Å²) in [4.78, 5) is 4.19. The highest BCUT2D eigenvalue weighted by atomic mass is 14.9. The number of hydrogen-bond donors (Lipinski definition) is 2. The van der Waals surface area contributed by atoms with Gasteiger partial charge in [0.15, 0.2) is 0 Å². The molecule has 3 N–H and O–H groups in total. The molecule has 3 nitrogen and oxygen atoms in total. The van der Waals surface area contributed by atoms with E-state index >= 15 is 0 Å². The number of nitrogens with two attached hydrogens (primary N) is 1. The summed E-state index contributed by atoms with van der Waals surface area (Å²) in [6.07, 6.45) is 6.91. The van der Waals surface area contributed by atoms with Crippen molar-refractivity contribution in [2.24, 2.45) is 0 Å². The Morgan fingerprint density at radius 3 is 2.83 bits per heavy atom. The number of pyridine rings is 1. The molecule has 2 aromatic rings. The molecule has 0 saturated carbocycles. The van der Waals surface area contributed by atoms with Gasteiger partial charge in [-0.1, -0.05) is 42.3 Å². The smallest absolute Gasteiger partial charge is 0.113 e. The van der Waals surface area contributed by atoms with E-state index in [1.54, 1.807) is 6.20 Å². The summed E-state index contributed by atoms with van der Waals surface area (Å²) >= 11 is 0. The second-order valence-corrected chi connectivity index (χ2v) is 5.72. The average Bonchev–Trinajstić information content (AvgIpc) is 2.61. The van der Waals surface area contributed by atoms with Gasteiger partial charge in [-0.2, -0.15) is 0 Å². The quantitative estimate of drug-likeness (QED) is 0.856. The van der Waals surface area contributed by atoms with E-state index in [0.717, 1.165) is 31.5 Å². The molecule has 1 unspecified atom stereocenters. The van der Waals surface area contributed by atoms with Crippen LogP contribution in [0.2, 0.25) is 0 Å². The first-order chi connectivity index (χ1) is 11.3. The Morgan fingerprint density at radius 1 is 1.17 bits per heavy atom. The van der Waals surface area contributed by atoms with Crippen LogP contribution < -0.4 is 11.1 Å².